The second kappa shape index (κ2) is 12.9. The topological polar surface area (TPSA) is 57.4 Å². The maximum absolute atomic E-state index is 4.62. The molecule has 8 bridgehead atoms. The molecule has 4 aromatic carbocycles. The third kappa shape index (κ3) is 6.22. The number of H-pyrrole nitrogens is 2. The van der Waals surface area contributed by atoms with Crippen LogP contribution < -0.4 is 0 Å². The van der Waals surface area contributed by atoms with E-state index in [0.29, 0.717) is 0 Å². The van der Waals surface area contributed by atoms with Gasteiger partial charge in [0, 0.05) is 22.1 Å². The van der Waals surface area contributed by atoms with Gasteiger partial charge < -0.3 is 9.97 Å². The van der Waals surface area contributed by atoms with Crippen LogP contribution in [0.1, 0.15) is 22.8 Å². The number of hydrogen-bond donors (Lipinski definition) is 2. The van der Waals surface area contributed by atoms with Crippen molar-refractivity contribution < 1.29 is 58.4 Å². The number of nitrogens with zero attached hydrogens (tertiary/aromatic N) is 2. The summed E-state index contributed by atoms with van der Waals surface area (Å²) in [6.45, 7) is 0. The summed E-state index contributed by atoms with van der Waals surface area (Å²) < 4.78 is 0. The van der Waals surface area contributed by atoms with Crippen LogP contribution in [0, 0.1) is 0 Å². The number of hydrogen-bond acceptors (Lipinski definition) is 2. The molecule has 0 spiro atoms. The van der Waals surface area contributed by atoms with Crippen LogP contribution in [0.2, 0.25) is 0 Å². The molecule has 7 aromatic rings. The molecule has 0 saturated heterocycles. The minimum Gasteiger partial charge on any atom is -0.355 e. The summed E-state index contributed by atoms with van der Waals surface area (Å²) in [4.78, 5) is 16.0. The molecule has 5 heterocycles. The van der Waals surface area contributed by atoms with E-state index in [2.05, 4.69) is 111 Å². The first-order chi connectivity index (χ1) is 19.7. The molecule has 188 valence electrons. The van der Waals surface area contributed by atoms with Gasteiger partial charge in [-0.05, 0) is 105 Å². The second-order valence-corrected chi connectivity index (χ2v) is 10.2. The quantitative estimate of drug-likeness (QED) is 0.122. The molecule has 2 aliphatic rings. The smallest absolute Gasteiger partial charge is 0.355 e. The average molecular weight is 709 g/mol. The van der Waals surface area contributed by atoms with E-state index in [1.165, 1.54) is 32.3 Å². The fourth-order valence-electron chi connectivity index (χ4n) is 5.61. The molecular weight excluding hydrogens is 685 g/mol. The Balaban J connectivity index is 0.000000171. The minimum atomic E-state index is 0. The predicted molar refractivity (Wildman–Crippen MR) is 169 cm³/mol. The summed E-state index contributed by atoms with van der Waals surface area (Å²) in [6, 6.07) is 38.3. The van der Waals surface area contributed by atoms with E-state index in [9.17, 15) is 0 Å². The Labute approximate surface area is 287 Å². The van der Waals surface area contributed by atoms with Crippen LogP contribution in [-0.4, -0.2) is 19.9 Å². The number of nitrogens with one attached hydrogen (secondary N) is 2. The molecule has 0 saturated carbocycles. The van der Waals surface area contributed by atoms with Gasteiger partial charge >= 0.3 is 58.4 Å². The minimum absolute atomic E-state index is 0. The largest absolute Gasteiger partial charge is 2.00 e. The molecule has 0 atom stereocenters. The molecule has 0 amide bonds. The van der Waals surface area contributed by atoms with E-state index >= 15 is 0 Å². The number of fused-ring (bicyclic) bond motifs is 8. The second-order valence-electron chi connectivity index (χ2n) is 10.2. The van der Waals surface area contributed by atoms with E-state index in [-0.39, 0.29) is 58.4 Å². The average Bonchev–Trinajstić information content (AvgIpc) is 3.79. The fourth-order valence-corrected chi connectivity index (χ4v) is 5.61. The number of aromatic nitrogens is 4. The Kier molecular flexibility index (Phi) is 9.28. The Hall–Kier alpha value is -3.61. The van der Waals surface area contributed by atoms with E-state index in [4.69, 9.17) is 0 Å². The Morgan fingerprint density at radius 3 is 1.05 bits per heavy atom. The summed E-state index contributed by atoms with van der Waals surface area (Å²) in [5.41, 5.74) is 7.86. The molecule has 2 aliphatic heterocycles. The Morgan fingerprint density at radius 2 is 0.674 bits per heavy atom. The molecular formula is C36H24N4Zn3+6. The van der Waals surface area contributed by atoms with Crippen LogP contribution in [-0.2, 0) is 58.4 Å². The van der Waals surface area contributed by atoms with Crippen molar-refractivity contribution in [3.05, 3.63) is 132 Å². The maximum atomic E-state index is 4.62. The van der Waals surface area contributed by atoms with Crippen molar-refractivity contribution in [1.82, 2.24) is 19.9 Å². The molecule has 43 heavy (non-hydrogen) atoms. The summed E-state index contributed by atoms with van der Waals surface area (Å²) in [5, 5.41) is 8.14. The van der Waals surface area contributed by atoms with Gasteiger partial charge in [-0.3, -0.25) is 0 Å². The van der Waals surface area contributed by atoms with E-state index in [1.54, 1.807) is 0 Å². The first-order valence-corrected chi connectivity index (χ1v) is 13.4. The van der Waals surface area contributed by atoms with Crippen molar-refractivity contribution in [2.45, 2.75) is 0 Å². The van der Waals surface area contributed by atoms with Gasteiger partial charge in [-0.15, -0.1) is 0 Å². The number of rotatable bonds is 0. The summed E-state index contributed by atoms with van der Waals surface area (Å²) >= 11 is 0. The molecule has 0 radical (unpaired) electrons. The van der Waals surface area contributed by atoms with Crippen LogP contribution in [0.25, 0.3) is 78.7 Å². The van der Waals surface area contributed by atoms with Gasteiger partial charge in [0.05, 0.1) is 22.8 Å². The summed E-state index contributed by atoms with van der Waals surface area (Å²) in [7, 11) is 0. The van der Waals surface area contributed by atoms with Gasteiger partial charge in [-0.2, -0.15) is 0 Å². The van der Waals surface area contributed by atoms with Crippen molar-refractivity contribution in [1.29, 1.82) is 0 Å². The maximum Gasteiger partial charge on any atom is 2.00 e. The molecule has 0 aliphatic carbocycles. The van der Waals surface area contributed by atoms with E-state index < -0.39 is 0 Å². The molecule has 3 aromatic heterocycles. The van der Waals surface area contributed by atoms with Gasteiger partial charge in [-0.25, -0.2) is 9.97 Å². The Bertz CT molecular complexity index is 2080. The zero-order chi connectivity index (χ0) is 26.5. The normalized spacial score (nSPS) is 11.4. The van der Waals surface area contributed by atoms with Crippen molar-refractivity contribution in [3.8, 4) is 0 Å². The van der Waals surface area contributed by atoms with Crippen LogP contribution in [0.15, 0.2) is 109 Å². The van der Waals surface area contributed by atoms with Crippen molar-refractivity contribution in [3.63, 3.8) is 0 Å². The molecule has 2 N–H and O–H groups in total. The van der Waals surface area contributed by atoms with Gasteiger partial charge in [0.25, 0.3) is 0 Å². The SMILES string of the molecule is C1=Cc2cc3ccc(cc4ccc(cc5nc(cc1n2)C=C5)[nH]4)[nH]3.[Zn+2].[Zn+2].[Zn+2].c1cc2ccc3cccc4ccc(c1)c2c34. The third-order valence-corrected chi connectivity index (χ3v) is 7.43. The van der Waals surface area contributed by atoms with E-state index in [0.717, 1.165) is 44.8 Å². The first kappa shape index (κ1) is 30.8. The first-order valence-electron chi connectivity index (χ1n) is 13.4. The monoisotopic (exact) mass is 704 g/mol. The van der Waals surface area contributed by atoms with Gasteiger partial charge in [0.2, 0.25) is 0 Å². The summed E-state index contributed by atoms with van der Waals surface area (Å²) in [5.74, 6) is 0. The summed E-state index contributed by atoms with van der Waals surface area (Å²) in [6.07, 6.45) is 8.05. The van der Waals surface area contributed by atoms with Crippen LogP contribution >= 0.6 is 0 Å². The van der Waals surface area contributed by atoms with Crippen molar-refractivity contribution in [2.75, 3.05) is 0 Å². The van der Waals surface area contributed by atoms with Crippen molar-refractivity contribution >= 4 is 78.7 Å². The Morgan fingerprint density at radius 1 is 0.349 bits per heavy atom. The van der Waals surface area contributed by atoms with Crippen LogP contribution in [0.3, 0.4) is 0 Å². The van der Waals surface area contributed by atoms with E-state index in [1.807, 2.05) is 42.5 Å². The van der Waals surface area contributed by atoms with Crippen molar-refractivity contribution in [2.24, 2.45) is 0 Å². The van der Waals surface area contributed by atoms with Gasteiger partial charge in [0.1, 0.15) is 0 Å². The zero-order valence-electron chi connectivity index (χ0n) is 23.7. The standard InChI is InChI=1S/C20H14N4.C16H10.3Zn/c1-2-14-10-16-5-6-18(23-16)12-20-8-7-19(24-20)11-17-4-3-15(22-17)9-13(1)21-14;1-3-11-7-9-13-5-2-6-14-10-8-12(4-1)15(11)16(13)14;;;/h1-12,21-22H;1-10H;;;/q;;3*+2. The molecule has 7 heteroatoms. The molecule has 9 rings (SSSR count). The molecule has 0 unspecified atom stereocenters. The fraction of sp³-hybridized carbons (Fsp3) is 0. The van der Waals surface area contributed by atoms with Crippen LogP contribution in [0.5, 0.6) is 0 Å². The zero-order valence-corrected chi connectivity index (χ0v) is 32.6. The number of aromatic amines is 2. The number of benzene rings is 4. The molecule has 0 fully saturated rings. The van der Waals surface area contributed by atoms with Crippen LogP contribution in [0.4, 0.5) is 0 Å². The van der Waals surface area contributed by atoms with Gasteiger partial charge in [0.15, 0.2) is 0 Å². The van der Waals surface area contributed by atoms with Gasteiger partial charge in [-0.1, -0.05) is 60.7 Å². The predicted octanol–water partition coefficient (Wildman–Crippen LogP) is 9.23. The molecule has 4 nitrogen and oxygen atoms in total. The third-order valence-electron chi connectivity index (χ3n) is 7.43.